The molecule has 3 N–H and O–H groups in total. The lowest BCUT2D eigenvalue weighted by Crippen LogP contribution is -2.00. The highest BCUT2D eigenvalue weighted by Crippen LogP contribution is 2.17. The SMILES string of the molecule is O=C(O)CCc1coc(Nc2ccc(CC(=O)O)cc2)n1. The molecule has 0 amide bonds. The second kappa shape index (κ2) is 6.56. The van der Waals surface area contributed by atoms with Gasteiger partial charge in [0.1, 0.15) is 6.26 Å². The van der Waals surface area contributed by atoms with Crippen molar-refractivity contribution in [2.75, 3.05) is 5.32 Å². The number of aryl methyl sites for hydroxylation is 1. The molecule has 0 saturated heterocycles. The quantitative estimate of drug-likeness (QED) is 0.715. The van der Waals surface area contributed by atoms with Crippen LogP contribution in [0.3, 0.4) is 0 Å². The van der Waals surface area contributed by atoms with Crippen LogP contribution >= 0.6 is 0 Å². The predicted molar refractivity (Wildman–Crippen MR) is 73.5 cm³/mol. The molecule has 1 aromatic carbocycles. The van der Waals surface area contributed by atoms with E-state index in [1.165, 1.54) is 6.26 Å². The van der Waals surface area contributed by atoms with Gasteiger partial charge in [-0.3, -0.25) is 9.59 Å². The first-order valence-corrected chi connectivity index (χ1v) is 6.27. The molecular weight excluding hydrogens is 276 g/mol. The Morgan fingerprint density at radius 3 is 2.48 bits per heavy atom. The van der Waals surface area contributed by atoms with E-state index in [0.717, 1.165) is 0 Å². The van der Waals surface area contributed by atoms with Crippen molar-refractivity contribution < 1.29 is 24.2 Å². The zero-order valence-electron chi connectivity index (χ0n) is 11.1. The fraction of sp³-hybridized carbons (Fsp3) is 0.214. The van der Waals surface area contributed by atoms with Crippen LogP contribution in [0.15, 0.2) is 34.9 Å². The number of benzene rings is 1. The summed E-state index contributed by atoms with van der Waals surface area (Å²) in [6.07, 6.45) is 1.68. The fourth-order valence-electron chi connectivity index (χ4n) is 1.72. The lowest BCUT2D eigenvalue weighted by Gasteiger charge is -2.02. The summed E-state index contributed by atoms with van der Waals surface area (Å²) in [5, 5.41) is 20.2. The topological polar surface area (TPSA) is 113 Å². The Hall–Kier alpha value is -2.83. The number of aliphatic carboxylic acids is 2. The van der Waals surface area contributed by atoms with Gasteiger partial charge in [-0.05, 0) is 17.7 Å². The minimum atomic E-state index is -0.887. The average Bonchev–Trinajstić information content (AvgIpc) is 2.86. The lowest BCUT2D eigenvalue weighted by atomic mass is 10.1. The smallest absolute Gasteiger partial charge is 0.307 e. The number of anilines is 2. The fourth-order valence-corrected chi connectivity index (χ4v) is 1.72. The summed E-state index contributed by atoms with van der Waals surface area (Å²) >= 11 is 0. The second-order valence-corrected chi connectivity index (χ2v) is 4.43. The van der Waals surface area contributed by atoms with E-state index in [9.17, 15) is 9.59 Å². The van der Waals surface area contributed by atoms with Crippen LogP contribution in [0.1, 0.15) is 17.7 Å². The minimum Gasteiger partial charge on any atom is -0.481 e. The molecule has 7 nitrogen and oxygen atoms in total. The van der Waals surface area contributed by atoms with E-state index < -0.39 is 11.9 Å². The molecule has 0 atom stereocenters. The molecule has 0 aliphatic rings. The summed E-state index contributed by atoms with van der Waals surface area (Å²) < 4.78 is 5.19. The Morgan fingerprint density at radius 2 is 1.86 bits per heavy atom. The first-order chi connectivity index (χ1) is 10.0. The number of carbonyl (C=O) groups is 2. The van der Waals surface area contributed by atoms with Crippen LogP contribution in [0.25, 0.3) is 0 Å². The number of carboxylic acids is 2. The van der Waals surface area contributed by atoms with Crippen LogP contribution < -0.4 is 5.32 Å². The molecule has 0 saturated carbocycles. The number of hydrogen-bond donors (Lipinski definition) is 3. The Morgan fingerprint density at radius 1 is 1.14 bits per heavy atom. The average molecular weight is 290 g/mol. The molecule has 2 rings (SSSR count). The van der Waals surface area contributed by atoms with Gasteiger partial charge in [-0.1, -0.05) is 12.1 Å². The number of rotatable bonds is 7. The molecular formula is C14H14N2O5. The third-order valence-corrected chi connectivity index (χ3v) is 2.71. The molecule has 7 heteroatoms. The van der Waals surface area contributed by atoms with Crippen LogP contribution in [-0.4, -0.2) is 27.1 Å². The highest BCUT2D eigenvalue weighted by molar-refractivity contribution is 5.70. The largest absolute Gasteiger partial charge is 0.481 e. The molecule has 0 radical (unpaired) electrons. The van der Waals surface area contributed by atoms with Gasteiger partial charge in [0.05, 0.1) is 18.5 Å². The standard InChI is InChI=1S/C14H14N2O5/c17-12(18)6-5-11-8-21-14(16-11)15-10-3-1-9(2-4-10)7-13(19)20/h1-4,8H,5-7H2,(H,15,16)(H,17,18)(H,19,20). The van der Waals surface area contributed by atoms with E-state index in [1.54, 1.807) is 24.3 Å². The molecule has 0 unspecified atom stereocenters. The molecule has 1 aromatic heterocycles. The van der Waals surface area contributed by atoms with E-state index in [2.05, 4.69) is 10.3 Å². The Labute approximate surface area is 120 Å². The lowest BCUT2D eigenvalue weighted by molar-refractivity contribution is -0.137. The van der Waals surface area contributed by atoms with Crippen LogP contribution in [0.2, 0.25) is 0 Å². The molecule has 2 aromatic rings. The van der Waals surface area contributed by atoms with Crippen molar-refractivity contribution in [1.82, 2.24) is 4.98 Å². The molecule has 0 aliphatic heterocycles. The number of nitrogens with one attached hydrogen (secondary N) is 1. The summed E-state index contributed by atoms with van der Waals surface area (Å²) in [4.78, 5) is 25.2. The van der Waals surface area contributed by atoms with E-state index in [1.807, 2.05) is 0 Å². The van der Waals surface area contributed by atoms with Gasteiger partial charge in [-0.25, -0.2) is 0 Å². The molecule has 110 valence electrons. The number of oxazole rings is 1. The summed E-state index contributed by atoms with van der Waals surface area (Å²) in [7, 11) is 0. The monoisotopic (exact) mass is 290 g/mol. The maximum atomic E-state index is 10.6. The Bertz CT molecular complexity index is 633. The zero-order chi connectivity index (χ0) is 15.2. The zero-order valence-corrected chi connectivity index (χ0v) is 11.1. The Kier molecular flexibility index (Phi) is 4.55. The number of nitrogens with zero attached hydrogens (tertiary/aromatic N) is 1. The second-order valence-electron chi connectivity index (χ2n) is 4.43. The maximum Gasteiger partial charge on any atom is 0.307 e. The minimum absolute atomic E-state index is 0.00411. The molecule has 0 bridgehead atoms. The maximum absolute atomic E-state index is 10.6. The normalized spacial score (nSPS) is 10.3. The third-order valence-electron chi connectivity index (χ3n) is 2.71. The molecule has 0 aliphatic carbocycles. The van der Waals surface area contributed by atoms with Crippen LogP contribution in [-0.2, 0) is 22.4 Å². The van der Waals surface area contributed by atoms with Gasteiger partial charge in [0, 0.05) is 12.1 Å². The van der Waals surface area contributed by atoms with Gasteiger partial charge in [-0.15, -0.1) is 0 Å². The molecule has 0 spiro atoms. The van der Waals surface area contributed by atoms with Crippen molar-refractivity contribution in [2.45, 2.75) is 19.3 Å². The first-order valence-electron chi connectivity index (χ1n) is 6.27. The van der Waals surface area contributed by atoms with Gasteiger partial charge in [0.2, 0.25) is 0 Å². The van der Waals surface area contributed by atoms with Gasteiger partial charge < -0.3 is 19.9 Å². The van der Waals surface area contributed by atoms with Gasteiger partial charge in [-0.2, -0.15) is 4.98 Å². The molecule has 21 heavy (non-hydrogen) atoms. The van der Waals surface area contributed by atoms with Crippen molar-refractivity contribution >= 4 is 23.6 Å². The molecule has 1 heterocycles. The summed E-state index contributed by atoms with van der Waals surface area (Å²) in [5.41, 5.74) is 1.96. The van der Waals surface area contributed by atoms with Crippen molar-refractivity contribution in [1.29, 1.82) is 0 Å². The van der Waals surface area contributed by atoms with Crippen molar-refractivity contribution in [3.8, 4) is 0 Å². The first kappa shape index (κ1) is 14.6. The Balaban J connectivity index is 1.95. The number of carboxylic acid groups (broad SMARTS) is 2. The van der Waals surface area contributed by atoms with E-state index >= 15 is 0 Å². The number of aromatic nitrogens is 1. The van der Waals surface area contributed by atoms with E-state index in [-0.39, 0.29) is 18.9 Å². The van der Waals surface area contributed by atoms with Gasteiger partial charge >= 0.3 is 11.9 Å². The predicted octanol–water partition coefficient (Wildman–Crippen LogP) is 2.06. The van der Waals surface area contributed by atoms with Gasteiger partial charge in [0.25, 0.3) is 6.01 Å². The van der Waals surface area contributed by atoms with Crippen molar-refractivity contribution in [3.05, 3.63) is 41.8 Å². The number of hydrogen-bond acceptors (Lipinski definition) is 5. The van der Waals surface area contributed by atoms with Crippen LogP contribution in [0.5, 0.6) is 0 Å². The molecule has 0 fully saturated rings. The van der Waals surface area contributed by atoms with E-state index in [0.29, 0.717) is 23.4 Å². The van der Waals surface area contributed by atoms with Crippen LogP contribution in [0, 0.1) is 0 Å². The van der Waals surface area contributed by atoms with Gasteiger partial charge in [0.15, 0.2) is 0 Å². The highest BCUT2D eigenvalue weighted by Gasteiger charge is 2.07. The van der Waals surface area contributed by atoms with Crippen molar-refractivity contribution in [2.24, 2.45) is 0 Å². The third kappa shape index (κ3) is 4.64. The summed E-state index contributed by atoms with van der Waals surface area (Å²) in [5.74, 6) is -1.77. The highest BCUT2D eigenvalue weighted by atomic mass is 16.4. The van der Waals surface area contributed by atoms with E-state index in [4.69, 9.17) is 14.6 Å². The summed E-state index contributed by atoms with van der Waals surface area (Å²) in [6, 6.07) is 7.11. The van der Waals surface area contributed by atoms with Crippen molar-refractivity contribution in [3.63, 3.8) is 0 Å². The summed E-state index contributed by atoms with van der Waals surface area (Å²) in [6.45, 7) is 0. The van der Waals surface area contributed by atoms with Crippen LogP contribution in [0.4, 0.5) is 11.7 Å².